The van der Waals surface area contributed by atoms with Crippen molar-refractivity contribution < 1.29 is 27.4 Å². The summed E-state index contributed by atoms with van der Waals surface area (Å²) in [5.41, 5.74) is 3.48. The summed E-state index contributed by atoms with van der Waals surface area (Å²) >= 11 is 6.45. The highest BCUT2D eigenvalue weighted by molar-refractivity contribution is 7.90. The van der Waals surface area contributed by atoms with Gasteiger partial charge in [-0.3, -0.25) is 4.79 Å². The molecule has 2 aliphatic heterocycles. The van der Waals surface area contributed by atoms with Gasteiger partial charge in [0.05, 0.1) is 36.9 Å². The molecule has 2 aromatic carbocycles. The summed E-state index contributed by atoms with van der Waals surface area (Å²) < 4.78 is 48.7. The fourth-order valence-electron chi connectivity index (χ4n) is 8.57. The number of halogens is 1. The van der Waals surface area contributed by atoms with Crippen molar-refractivity contribution in [3.63, 3.8) is 0 Å². The molecule has 48 heavy (non-hydrogen) atoms. The van der Waals surface area contributed by atoms with Crippen molar-refractivity contribution in [1.29, 1.82) is 0 Å². The van der Waals surface area contributed by atoms with Gasteiger partial charge in [0.25, 0.3) is 5.91 Å². The third kappa shape index (κ3) is 7.03. The quantitative estimate of drug-likeness (QED) is 0.266. The number of nitrogens with zero attached hydrogens (tertiary/aromatic N) is 1. The Morgan fingerprint density at radius 2 is 1.96 bits per heavy atom. The molecular formula is C38H49ClN2O6S. The Hall–Kier alpha value is -2.59. The van der Waals surface area contributed by atoms with Gasteiger partial charge in [-0.15, -0.1) is 0 Å². The van der Waals surface area contributed by atoms with Crippen molar-refractivity contribution in [3.05, 3.63) is 70.3 Å². The molecule has 1 amide bonds. The average Bonchev–Trinajstić information content (AvgIpc) is 3.88. The molecule has 5 aliphatic rings. The molecule has 6 atom stereocenters. The van der Waals surface area contributed by atoms with Crippen LogP contribution in [0.3, 0.4) is 0 Å². The van der Waals surface area contributed by atoms with Crippen LogP contribution in [0.2, 0.25) is 5.02 Å². The van der Waals surface area contributed by atoms with E-state index >= 15 is 0 Å². The van der Waals surface area contributed by atoms with E-state index in [9.17, 15) is 13.2 Å². The van der Waals surface area contributed by atoms with Crippen molar-refractivity contribution in [2.45, 2.75) is 81.5 Å². The lowest BCUT2D eigenvalue weighted by Gasteiger charge is -2.46. The van der Waals surface area contributed by atoms with E-state index in [1.807, 2.05) is 25.1 Å². The Morgan fingerprint density at radius 3 is 2.73 bits per heavy atom. The molecule has 0 saturated heterocycles. The van der Waals surface area contributed by atoms with E-state index in [0.717, 1.165) is 74.5 Å². The molecule has 1 N–H and O–H groups in total. The summed E-state index contributed by atoms with van der Waals surface area (Å²) in [6, 6.07) is 11.6. The number of anilines is 1. The summed E-state index contributed by atoms with van der Waals surface area (Å²) in [6.45, 7) is 5.04. The number of carbonyl (C=O) groups is 1. The molecule has 2 bridgehead atoms. The molecule has 2 heterocycles. The molecule has 0 aromatic heterocycles. The van der Waals surface area contributed by atoms with Crippen LogP contribution < -0.4 is 14.4 Å². The number of ether oxygens (including phenoxy) is 3. The van der Waals surface area contributed by atoms with Crippen LogP contribution in [-0.2, 0) is 31.3 Å². The topological polar surface area (TPSA) is 94.2 Å². The van der Waals surface area contributed by atoms with Crippen LogP contribution in [-0.4, -0.2) is 65.7 Å². The van der Waals surface area contributed by atoms with Crippen LogP contribution in [0.5, 0.6) is 5.75 Å². The van der Waals surface area contributed by atoms with Crippen LogP contribution in [0.25, 0.3) is 0 Å². The Kier molecular flexibility index (Phi) is 9.86. The maximum Gasteiger partial charge on any atom is 0.264 e. The van der Waals surface area contributed by atoms with Crippen molar-refractivity contribution >= 4 is 33.2 Å². The molecule has 8 nitrogen and oxygen atoms in total. The number of methoxy groups -OCH3 is 1. The Bertz CT molecular complexity index is 1640. The first-order valence-electron chi connectivity index (χ1n) is 17.8. The number of aryl methyl sites for hydroxylation is 1. The molecule has 1 spiro atoms. The zero-order valence-electron chi connectivity index (χ0n) is 28.2. The first-order chi connectivity index (χ1) is 23.2. The van der Waals surface area contributed by atoms with Gasteiger partial charge in [0.1, 0.15) is 5.75 Å². The molecular weight excluding hydrogens is 648 g/mol. The number of hydrogen-bond donors (Lipinski definition) is 1. The maximum atomic E-state index is 13.9. The summed E-state index contributed by atoms with van der Waals surface area (Å²) in [7, 11) is -2.24. The second-order valence-electron chi connectivity index (χ2n) is 15.0. The minimum Gasteiger partial charge on any atom is -0.490 e. The Labute approximate surface area is 290 Å². The average molecular weight is 697 g/mol. The van der Waals surface area contributed by atoms with Crippen LogP contribution in [0.1, 0.15) is 79.8 Å². The summed E-state index contributed by atoms with van der Waals surface area (Å²) in [6.07, 6.45) is 12.6. The lowest BCUT2D eigenvalue weighted by Crippen LogP contribution is -2.49. The van der Waals surface area contributed by atoms with E-state index in [1.165, 1.54) is 11.1 Å². The van der Waals surface area contributed by atoms with Gasteiger partial charge in [0.2, 0.25) is 10.0 Å². The van der Waals surface area contributed by atoms with E-state index in [4.69, 9.17) is 25.8 Å². The number of nitrogens with one attached hydrogen (secondary N) is 1. The number of allylic oxidation sites excluding steroid dienone is 1. The van der Waals surface area contributed by atoms with Crippen LogP contribution in [0, 0.1) is 23.7 Å². The predicted octanol–water partition coefficient (Wildman–Crippen LogP) is 6.70. The second kappa shape index (κ2) is 14.0. The smallest absolute Gasteiger partial charge is 0.264 e. The van der Waals surface area contributed by atoms with E-state index in [2.05, 4.69) is 33.9 Å². The summed E-state index contributed by atoms with van der Waals surface area (Å²) in [5, 5.41) is 0.0918. The third-order valence-corrected chi connectivity index (χ3v) is 13.8. The first kappa shape index (κ1) is 33.9. The van der Waals surface area contributed by atoms with Crippen molar-refractivity contribution in [3.8, 4) is 5.75 Å². The predicted molar refractivity (Wildman–Crippen MR) is 188 cm³/mol. The summed E-state index contributed by atoms with van der Waals surface area (Å²) in [5.74, 6) is 1.07. The Balaban J connectivity index is 1.28. The highest BCUT2D eigenvalue weighted by Crippen LogP contribution is 2.47. The second-order valence-corrected chi connectivity index (χ2v) is 17.3. The van der Waals surface area contributed by atoms with Crippen molar-refractivity contribution in [1.82, 2.24) is 4.72 Å². The molecule has 2 fully saturated rings. The minimum atomic E-state index is -3.93. The molecule has 10 heteroatoms. The number of sulfonamides is 1. The molecule has 3 aliphatic carbocycles. The largest absolute Gasteiger partial charge is 0.490 e. The minimum absolute atomic E-state index is 0.0854. The standard InChI is InChI=1S/C38H49ClN2O6S/c1-25-5-3-7-34(46-18-17-45-2)31-13-10-29(31)22-41-23-38(16-4-6-27-20-30(39)12-14-32(27)38)24-47-35-15-11-28(21-33(35)41)37(42)40-48(43,44)36(25)19-26-8-9-26/h3,7,11-12,14-15,20-21,25-26,29,31,34,36H,4-6,8-10,13,16-19,22-24H2,1-2H3,(H,40,42)/b7-3+/t25-,29+,31-,34+,36-,38+/m1/s1. The molecule has 2 saturated carbocycles. The van der Waals surface area contributed by atoms with Crippen molar-refractivity contribution in [2.75, 3.05) is 44.9 Å². The van der Waals surface area contributed by atoms with Gasteiger partial charge in [-0.05, 0) is 110 Å². The molecule has 2 aromatic rings. The van der Waals surface area contributed by atoms with Gasteiger partial charge in [0, 0.05) is 36.2 Å². The fraction of sp³-hybridized carbons (Fsp3) is 0.605. The fourth-order valence-corrected chi connectivity index (χ4v) is 10.5. The number of rotatable bonds is 6. The number of fused-ring (bicyclic) bond motifs is 4. The van der Waals surface area contributed by atoms with Gasteiger partial charge >= 0.3 is 0 Å². The van der Waals surface area contributed by atoms with Crippen LogP contribution in [0.15, 0.2) is 48.6 Å². The molecule has 0 unspecified atom stereocenters. The van der Waals surface area contributed by atoms with E-state index in [0.29, 0.717) is 56.0 Å². The lowest BCUT2D eigenvalue weighted by atomic mass is 9.68. The number of benzene rings is 2. The highest BCUT2D eigenvalue weighted by Gasteiger charge is 2.45. The number of hydrogen-bond acceptors (Lipinski definition) is 7. The maximum absolute atomic E-state index is 13.9. The van der Waals surface area contributed by atoms with Crippen LogP contribution >= 0.6 is 11.6 Å². The SMILES string of the molecule is COCCO[C@H]1/C=C/C[C@@H](C)[C@@H](CC2CC2)S(=O)(=O)NC(=O)c2ccc3c(c2)N(C[C@@H]2CC[C@H]21)C[C@@]1(CCCc2cc(Cl)ccc21)CO3. The van der Waals surface area contributed by atoms with Gasteiger partial charge in [-0.1, -0.05) is 49.6 Å². The zero-order chi connectivity index (χ0) is 33.5. The van der Waals surface area contributed by atoms with Gasteiger partial charge in [-0.2, -0.15) is 0 Å². The van der Waals surface area contributed by atoms with E-state index in [-0.39, 0.29) is 17.4 Å². The lowest BCUT2D eigenvalue weighted by molar-refractivity contribution is -0.0309. The zero-order valence-corrected chi connectivity index (χ0v) is 29.7. The van der Waals surface area contributed by atoms with Gasteiger partial charge in [0.15, 0.2) is 0 Å². The number of amides is 1. The molecule has 7 rings (SSSR count). The number of carbonyl (C=O) groups excluding carboxylic acids is 1. The summed E-state index contributed by atoms with van der Waals surface area (Å²) in [4.78, 5) is 16.1. The van der Waals surface area contributed by atoms with Crippen LogP contribution in [0.4, 0.5) is 5.69 Å². The molecule has 260 valence electrons. The third-order valence-electron chi connectivity index (χ3n) is 11.6. The van der Waals surface area contributed by atoms with Gasteiger partial charge < -0.3 is 19.1 Å². The normalized spacial score (nSPS) is 32.2. The van der Waals surface area contributed by atoms with Crippen molar-refractivity contribution in [2.24, 2.45) is 23.7 Å². The van der Waals surface area contributed by atoms with E-state index < -0.39 is 21.2 Å². The van der Waals surface area contributed by atoms with E-state index in [1.54, 1.807) is 13.2 Å². The molecule has 0 radical (unpaired) electrons. The van der Waals surface area contributed by atoms with Gasteiger partial charge in [-0.25, -0.2) is 13.1 Å². The monoisotopic (exact) mass is 696 g/mol. The highest BCUT2D eigenvalue weighted by atomic mass is 35.5. The first-order valence-corrected chi connectivity index (χ1v) is 19.7. The Morgan fingerprint density at radius 1 is 1.10 bits per heavy atom.